The van der Waals surface area contributed by atoms with Gasteiger partial charge < -0.3 is 16.0 Å². The van der Waals surface area contributed by atoms with Gasteiger partial charge in [-0.3, -0.25) is 24.3 Å². The molecular weight excluding hydrogens is 398 g/mol. The molecule has 0 spiro atoms. The quantitative estimate of drug-likeness (QED) is 0.371. The van der Waals surface area contributed by atoms with Crippen molar-refractivity contribution in [1.29, 1.82) is 0 Å². The Morgan fingerprint density at radius 1 is 0.839 bits per heavy atom. The van der Waals surface area contributed by atoms with E-state index in [0.29, 0.717) is 35.9 Å². The first-order valence-corrected chi connectivity index (χ1v) is 9.58. The highest BCUT2D eigenvalue weighted by Crippen LogP contribution is 2.21. The summed E-state index contributed by atoms with van der Waals surface area (Å²) in [5.74, 6) is -0.186. The number of nitrogens with one attached hydrogen (secondary N) is 3. The van der Waals surface area contributed by atoms with Crippen LogP contribution in [0.1, 0.15) is 20.7 Å². The van der Waals surface area contributed by atoms with Crippen molar-refractivity contribution in [2.75, 3.05) is 30.3 Å². The molecule has 3 aromatic rings. The zero-order chi connectivity index (χ0) is 21.6. The number of benzene rings is 1. The first-order valence-electron chi connectivity index (χ1n) is 9.58. The van der Waals surface area contributed by atoms with E-state index in [4.69, 9.17) is 0 Å². The smallest absolute Gasteiger partial charge is 0.262 e. The Labute approximate surface area is 177 Å². The summed E-state index contributed by atoms with van der Waals surface area (Å²) in [6.07, 6.45) is 3.35. The van der Waals surface area contributed by atoms with Crippen molar-refractivity contribution >= 4 is 35.0 Å². The Balaban J connectivity index is 1.20. The Morgan fingerprint density at radius 2 is 1.48 bits per heavy atom. The van der Waals surface area contributed by atoms with Gasteiger partial charge in [-0.1, -0.05) is 12.1 Å². The van der Waals surface area contributed by atoms with Gasteiger partial charge in [-0.2, -0.15) is 0 Å². The van der Waals surface area contributed by atoms with Gasteiger partial charge in [0, 0.05) is 31.2 Å². The molecule has 0 unspecified atom stereocenters. The molecule has 4 rings (SSSR count). The summed E-state index contributed by atoms with van der Waals surface area (Å²) in [7, 11) is 0. The normalized spacial score (nSPS) is 12.5. The lowest BCUT2D eigenvalue weighted by atomic mass is 10.1. The summed E-state index contributed by atoms with van der Waals surface area (Å²) in [4.78, 5) is 41.6. The predicted octanol–water partition coefficient (Wildman–Crippen LogP) is 1.44. The van der Waals surface area contributed by atoms with E-state index in [1.165, 1.54) is 0 Å². The number of fused-ring (bicyclic) bond motifs is 1. The summed E-state index contributed by atoms with van der Waals surface area (Å²) >= 11 is 0. The van der Waals surface area contributed by atoms with Crippen molar-refractivity contribution in [1.82, 2.24) is 25.4 Å². The van der Waals surface area contributed by atoms with E-state index in [-0.39, 0.29) is 6.54 Å². The summed E-state index contributed by atoms with van der Waals surface area (Å²) < 4.78 is 0. The zero-order valence-electron chi connectivity index (χ0n) is 16.4. The number of amides is 3. The fourth-order valence-electron chi connectivity index (χ4n) is 3.05. The van der Waals surface area contributed by atoms with Crippen LogP contribution < -0.4 is 16.0 Å². The molecule has 10 nitrogen and oxygen atoms in total. The van der Waals surface area contributed by atoms with Crippen molar-refractivity contribution < 1.29 is 14.4 Å². The average Bonchev–Trinajstić information content (AvgIpc) is 3.03. The highest BCUT2D eigenvalue weighted by molar-refractivity contribution is 6.22. The van der Waals surface area contributed by atoms with Gasteiger partial charge in [-0.25, -0.2) is 0 Å². The number of hydrogen-bond donors (Lipinski definition) is 3. The molecule has 3 amide bonds. The largest absolute Gasteiger partial charge is 0.367 e. The highest BCUT2D eigenvalue weighted by Gasteiger charge is 2.36. The van der Waals surface area contributed by atoms with E-state index in [9.17, 15) is 14.4 Å². The number of carbonyl (C=O) groups excluding carboxylic acids is 3. The maximum absolute atomic E-state index is 12.3. The van der Waals surface area contributed by atoms with E-state index >= 15 is 0 Å². The number of imide groups is 1. The highest BCUT2D eigenvalue weighted by atomic mass is 16.2. The first-order chi connectivity index (χ1) is 15.1. The molecular formula is C21H19N7O3. The molecule has 0 saturated carbocycles. The minimum atomic E-state index is -0.454. The average molecular weight is 417 g/mol. The van der Waals surface area contributed by atoms with Gasteiger partial charge in [0.15, 0.2) is 5.82 Å². The number of nitrogens with zero attached hydrogens (tertiary/aromatic N) is 4. The number of pyridine rings is 1. The molecule has 0 radical (unpaired) electrons. The van der Waals surface area contributed by atoms with Crippen molar-refractivity contribution in [3.05, 3.63) is 72.1 Å². The second kappa shape index (κ2) is 8.99. The Hall–Kier alpha value is -4.34. The van der Waals surface area contributed by atoms with E-state index in [2.05, 4.69) is 31.1 Å². The molecule has 3 heterocycles. The molecule has 0 atom stereocenters. The van der Waals surface area contributed by atoms with Gasteiger partial charge in [-0.05, 0) is 36.4 Å². The van der Waals surface area contributed by atoms with Crippen LogP contribution in [0.2, 0.25) is 0 Å². The van der Waals surface area contributed by atoms with Crippen LogP contribution in [0.15, 0.2) is 60.9 Å². The first kappa shape index (κ1) is 20.0. The third-order valence-electron chi connectivity index (χ3n) is 4.55. The SMILES string of the molecule is O=C(CN1C(=O)c2ccccc2C1=O)NCCNc1ccc(Nc2ccncc2)nn1. The molecule has 10 heteroatoms. The molecule has 0 fully saturated rings. The van der Waals surface area contributed by atoms with Crippen LogP contribution in [0.3, 0.4) is 0 Å². The number of carbonyl (C=O) groups is 3. The van der Waals surface area contributed by atoms with Gasteiger partial charge in [0.2, 0.25) is 5.91 Å². The maximum atomic E-state index is 12.3. The Bertz CT molecular complexity index is 1070. The van der Waals surface area contributed by atoms with E-state index in [1.807, 2.05) is 12.1 Å². The lowest BCUT2D eigenvalue weighted by Gasteiger charge is -2.14. The predicted molar refractivity (Wildman–Crippen MR) is 113 cm³/mol. The van der Waals surface area contributed by atoms with Crippen LogP contribution in [-0.4, -0.2) is 57.4 Å². The molecule has 3 N–H and O–H groups in total. The van der Waals surface area contributed by atoms with Crippen LogP contribution in [-0.2, 0) is 4.79 Å². The molecule has 2 aromatic heterocycles. The molecule has 1 aliphatic rings. The van der Waals surface area contributed by atoms with Crippen LogP contribution in [0, 0.1) is 0 Å². The molecule has 0 aliphatic carbocycles. The van der Waals surface area contributed by atoms with Crippen LogP contribution in [0.5, 0.6) is 0 Å². The molecule has 1 aromatic carbocycles. The number of anilines is 3. The van der Waals surface area contributed by atoms with Crippen LogP contribution in [0.25, 0.3) is 0 Å². The maximum Gasteiger partial charge on any atom is 0.262 e. The third-order valence-corrected chi connectivity index (χ3v) is 4.55. The van der Waals surface area contributed by atoms with Gasteiger partial charge in [-0.15, -0.1) is 10.2 Å². The summed E-state index contributed by atoms with van der Waals surface area (Å²) in [5, 5.41) is 17.0. The van der Waals surface area contributed by atoms with Crippen molar-refractivity contribution in [3.63, 3.8) is 0 Å². The topological polar surface area (TPSA) is 129 Å². The minimum absolute atomic E-state index is 0.292. The molecule has 0 saturated heterocycles. The van der Waals surface area contributed by atoms with Crippen LogP contribution >= 0.6 is 0 Å². The standard InChI is InChI=1S/C21H19N7O3/c29-19(13-28-20(30)15-3-1-2-4-16(15)21(28)31)24-12-11-23-17-5-6-18(27-26-17)25-14-7-9-22-10-8-14/h1-10H,11-13H2,(H,23,26)(H,24,29)(H,22,25,27). The molecule has 1 aliphatic heterocycles. The van der Waals surface area contributed by atoms with Crippen molar-refractivity contribution in [2.24, 2.45) is 0 Å². The monoisotopic (exact) mass is 417 g/mol. The second-order valence-corrected chi connectivity index (χ2v) is 6.68. The van der Waals surface area contributed by atoms with Crippen molar-refractivity contribution in [2.45, 2.75) is 0 Å². The number of aromatic nitrogens is 3. The third kappa shape index (κ3) is 4.64. The Kier molecular flexibility index (Phi) is 5.79. The van der Waals surface area contributed by atoms with E-state index < -0.39 is 17.7 Å². The number of hydrogen-bond acceptors (Lipinski definition) is 8. The van der Waals surface area contributed by atoms with Gasteiger partial charge in [0.05, 0.1) is 11.1 Å². The number of rotatable bonds is 8. The molecule has 0 bridgehead atoms. The van der Waals surface area contributed by atoms with Crippen molar-refractivity contribution in [3.8, 4) is 0 Å². The minimum Gasteiger partial charge on any atom is -0.367 e. The summed E-state index contributed by atoms with van der Waals surface area (Å²) in [5.41, 5.74) is 1.50. The fourth-order valence-corrected chi connectivity index (χ4v) is 3.05. The Morgan fingerprint density at radius 3 is 2.13 bits per heavy atom. The fraction of sp³-hybridized carbons (Fsp3) is 0.143. The molecule has 156 valence electrons. The van der Waals surface area contributed by atoms with Gasteiger partial charge in [0.1, 0.15) is 12.4 Å². The van der Waals surface area contributed by atoms with Gasteiger partial charge >= 0.3 is 0 Å². The van der Waals surface area contributed by atoms with Gasteiger partial charge in [0.25, 0.3) is 11.8 Å². The molecule has 31 heavy (non-hydrogen) atoms. The van der Waals surface area contributed by atoms with E-state index in [0.717, 1.165) is 10.6 Å². The zero-order valence-corrected chi connectivity index (χ0v) is 16.4. The summed E-state index contributed by atoms with van der Waals surface area (Å²) in [6.45, 7) is 0.377. The summed E-state index contributed by atoms with van der Waals surface area (Å²) in [6, 6.07) is 13.7. The van der Waals surface area contributed by atoms with Crippen LogP contribution in [0.4, 0.5) is 17.3 Å². The lowest BCUT2D eigenvalue weighted by Crippen LogP contribution is -2.41. The second-order valence-electron chi connectivity index (χ2n) is 6.68. The lowest BCUT2D eigenvalue weighted by molar-refractivity contribution is -0.121. The van der Waals surface area contributed by atoms with E-state index in [1.54, 1.807) is 48.8 Å².